The number of anilines is 1. The summed E-state index contributed by atoms with van der Waals surface area (Å²) < 4.78 is 18.0. The van der Waals surface area contributed by atoms with Gasteiger partial charge in [-0.25, -0.2) is 4.39 Å². The first-order valence-electron chi connectivity index (χ1n) is 6.18. The van der Waals surface area contributed by atoms with Crippen LogP contribution in [0.25, 0.3) is 0 Å². The zero-order valence-electron chi connectivity index (χ0n) is 11.4. The van der Waals surface area contributed by atoms with Crippen LogP contribution in [0, 0.1) is 15.9 Å². The Bertz CT molecular complexity index is 770. The number of nitro benzene ring substituents is 1. The topological polar surface area (TPSA) is 81.5 Å². The van der Waals surface area contributed by atoms with Gasteiger partial charge in [0.15, 0.2) is 6.61 Å². The van der Waals surface area contributed by atoms with Crippen LogP contribution in [0.3, 0.4) is 0 Å². The molecule has 0 aliphatic rings. The summed E-state index contributed by atoms with van der Waals surface area (Å²) in [4.78, 5) is 21.9. The predicted molar refractivity (Wildman–Crippen MR) is 83.6 cm³/mol. The molecule has 0 aliphatic heterocycles. The van der Waals surface area contributed by atoms with Gasteiger partial charge in [0.2, 0.25) is 0 Å². The minimum atomic E-state index is -0.660. The molecule has 0 radical (unpaired) electrons. The van der Waals surface area contributed by atoms with Crippen molar-refractivity contribution in [2.45, 2.75) is 0 Å². The lowest BCUT2D eigenvalue weighted by atomic mass is 10.3. The van der Waals surface area contributed by atoms with Gasteiger partial charge in [0.05, 0.1) is 9.95 Å². The molecule has 0 bridgehead atoms. The largest absolute Gasteiger partial charge is 0.482 e. The van der Waals surface area contributed by atoms with Crippen molar-refractivity contribution in [3.05, 3.63) is 62.4 Å². The Hall–Kier alpha value is -2.38. The van der Waals surface area contributed by atoms with Crippen molar-refractivity contribution in [1.82, 2.24) is 0 Å². The van der Waals surface area contributed by atoms with Crippen LogP contribution in [0.4, 0.5) is 15.8 Å². The van der Waals surface area contributed by atoms with E-state index in [4.69, 9.17) is 27.9 Å². The number of carbonyl (C=O) groups excluding carboxylic acids is 1. The number of rotatable bonds is 5. The van der Waals surface area contributed by atoms with E-state index in [1.54, 1.807) is 0 Å². The molecule has 1 amide bonds. The Balaban J connectivity index is 2.00. The van der Waals surface area contributed by atoms with Crippen LogP contribution in [-0.2, 0) is 4.79 Å². The number of hydrogen-bond acceptors (Lipinski definition) is 4. The van der Waals surface area contributed by atoms with Crippen molar-refractivity contribution in [1.29, 1.82) is 0 Å². The minimum Gasteiger partial charge on any atom is -0.482 e. The van der Waals surface area contributed by atoms with Gasteiger partial charge in [0.1, 0.15) is 16.6 Å². The van der Waals surface area contributed by atoms with Gasteiger partial charge in [-0.05, 0) is 30.3 Å². The highest BCUT2D eigenvalue weighted by molar-refractivity contribution is 6.32. The molecule has 6 nitrogen and oxygen atoms in total. The Morgan fingerprint density at radius 1 is 1.22 bits per heavy atom. The lowest BCUT2D eigenvalue weighted by Crippen LogP contribution is -2.20. The highest BCUT2D eigenvalue weighted by atomic mass is 35.5. The van der Waals surface area contributed by atoms with E-state index in [1.165, 1.54) is 18.2 Å². The van der Waals surface area contributed by atoms with Crippen molar-refractivity contribution >= 4 is 40.5 Å². The van der Waals surface area contributed by atoms with E-state index in [0.717, 1.165) is 18.2 Å². The zero-order chi connectivity index (χ0) is 17.0. The highest BCUT2D eigenvalue weighted by Gasteiger charge is 2.14. The van der Waals surface area contributed by atoms with E-state index >= 15 is 0 Å². The van der Waals surface area contributed by atoms with Crippen molar-refractivity contribution in [3.63, 3.8) is 0 Å². The van der Waals surface area contributed by atoms with Crippen molar-refractivity contribution in [3.8, 4) is 5.75 Å². The van der Waals surface area contributed by atoms with E-state index in [0.29, 0.717) is 0 Å². The molecule has 9 heteroatoms. The van der Waals surface area contributed by atoms with Gasteiger partial charge >= 0.3 is 0 Å². The predicted octanol–water partition coefficient (Wildman–Crippen LogP) is 4.06. The monoisotopic (exact) mass is 358 g/mol. The first kappa shape index (κ1) is 17.0. The molecule has 2 rings (SSSR count). The molecule has 0 saturated heterocycles. The van der Waals surface area contributed by atoms with Crippen molar-refractivity contribution in [2.75, 3.05) is 11.9 Å². The molecule has 2 aromatic rings. The molecule has 23 heavy (non-hydrogen) atoms. The molecular weight excluding hydrogens is 350 g/mol. The molecule has 0 spiro atoms. The number of hydrogen-bond donors (Lipinski definition) is 1. The zero-order valence-corrected chi connectivity index (χ0v) is 12.9. The molecule has 1 N–H and O–H groups in total. The van der Waals surface area contributed by atoms with Crippen LogP contribution in [0.2, 0.25) is 10.0 Å². The van der Waals surface area contributed by atoms with Crippen molar-refractivity contribution < 1.29 is 18.8 Å². The number of carbonyl (C=O) groups is 1. The van der Waals surface area contributed by atoms with Gasteiger partial charge < -0.3 is 10.1 Å². The second kappa shape index (κ2) is 7.26. The summed E-state index contributed by atoms with van der Waals surface area (Å²) >= 11 is 11.4. The highest BCUT2D eigenvalue weighted by Crippen LogP contribution is 2.27. The SMILES string of the molecule is O=C(COc1ccc(F)cc1Cl)Nc1ccc(Cl)c([N+](=O)[O-])c1. The third-order valence-corrected chi connectivity index (χ3v) is 3.29. The summed E-state index contributed by atoms with van der Waals surface area (Å²) in [5.41, 5.74) is -0.133. The minimum absolute atomic E-state index is 0.0277. The van der Waals surface area contributed by atoms with E-state index in [1.807, 2.05) is 0 Å². The van der Waals surface area contributed by atoms with Gasteiger partial charge in [-0.2, -0.15) is 0 Å². The molecule has 0 unspecified atom stereocenters. The maximum absolute atomic E-state index is 12.9. The number of benzene rings is 2. The van der Waals surface area contributed by atoms with Crippen LogP contribution in [0.5, 0.6) is 5.75 Å². The van der Waals surface area contributed by atoms with Gasteiger partial charge in [0.25, 0.3) is 11.6 Å². The van der Waals surface area contributed by atoms with Crippen LogP contribution in [0.15, 0.2) is 36.4 Å². The summed E-state index contributed by atoms with van der Waals surface area (Å²) in [5, 5.41) is 13.2. The lowest BCUT2D eigenvalue weighted by Gasteiger charge is -2.09. The Labute approximate surface area is 139 Å². The summed E-state index contributed by atoms with van der Waals surface area (Å²) in [6.07, 6.45) is 0. The fraction of sp³-hybridized carbons (Fsp3) is 0.0714. The maximum Gasteiger partial charge on any atom is 0.289 e. The summed E-state index contributed by atoms with van der Waals surface area (Å²) in [6.45, 7) is -0.401. The number of nitrogens with zero attached hydrogens (tertiary/aromatic N) is 1. The van der Waals surface area contributed by atoms with Crippen LogP contribution < -0.4 is 10.1 Å². The number of nitrogens with one attached hydrogen (secondary N) is 1. The molecule has 0 saturated carbocycles. The molecule has 0 atom stereocenters. The normalized spacial score (nSPS) is 10.2. The Morgan fingerprint density at radius 3 is 2.61 bits per heavy atom. The third-order valence-electron chi connectivity index (χ3n) is 2.68. The van der Waals surface area contributed by atoms with Gasteiger partial charge in [0, 0.05) is 11.8 Å². The van der Waals surface area contributed by atoms with Crippen LogP contribution in [0.1, 0.15) is 0 Å². The molecular formula is C14H9Cl2FN2O4. The van der Waals surface area contributed by atoms with E-state index in [-0.39, 0.29) is 27.2 Å². The van der Waals surface area contributed by atoms with E-state index < -0.39 is 23.3 Å². The van der Waals surface area contributed by atoms with Gasteiger partial charge in [-0.15, -0.1) is 0 Å². The smallest absolute Gasteiger partial charge is 0.289 e. The second-order valence-electron chi connectivity index (χ2n) is 4.33. The quantitative estimate of drug-likeness (QED) is 0.645. The first-order chi connectivity index (χ1) is 10.9. The summed E-state index contributed by atoms with van der Waals surface area (Å²) in [6, 6.07) is 7.33. The average Bonchev–Trinajstić information content (AvgIpc) is 2.48. The van der Waals surface area contributed by atoms with Crippen LogP contribution >= 0.6 is 23.2 Å². The van der Waals surface area contributed by atoms with Gasteiger partial charge in [-0.3, -0.25) is 14.9 Å². The number of halogens is 3. The van der Waals surface area contributed by atoms with E-state index in [9.17, 15) is 19.3 Å². The molecule has 0 aliphatic carbocycles. The molecule has 0 fully saturated rings. The molecule has 120 valence electrons. The van der Waals surface area contributed by atoms with Gasteiger partial charge in [-0.1, -0.05) is 23.2 Å². The average molecular weight is 359 g/mol. The second-order valence-corrected chi connectivity index (χ2v) is 5.15. The molecule has 0 aromatic heterocycles. The number of nitro groups is 1. The first-order valence-corrected chi connectivity index (χ1v) is 6.94. The summed E-state index contributed by atoms with van der Waals surface area (Å²) in [5.74, 6) is -0.951. The number of amides is 1. The fourth-order valence-corrected chi connectivity index (χ4v) is 2.07. The van der Waals surface area contributed by atoms with Crippen molar-refractivity contribution in [2.24, 2.45) is 0 Å². The fourth-order valence-electron chi connectivity index (χ4n) is 1.66. The third kappa shape index (κ3) is 4.54. The lowest BCUT2D eigenvalue weighted by molar-refractivity contribution is -0.384. The maximum atomic E-state index is 12.9. The molecule has 2 aromatic carbocycles. The molecule has 0 heterocycles. The van der Waals surface area contributed by atoms with E-state index in [2.05, 4.69) is 5.32 Å². The Kier molecular flexibility index (Phi) is 5.36. The standard InChI is InChI=1S/C14H9Cl2FN2O4/c15-10-3-2-9(6-12(10)19(21)22)18-14(20)7-23-13-4-1-8(17)5-11(13)16/h1-6H,7H2,(H,18,20). The summed E-state index contributed by atoms with van der Waals surface area (Å²) in [7, 11) is 0. The Morgan fingerprint density at radius 2 is 1.96 bits per heavy atom. The number of ether oxygens (including phenoxy) is 1. The van der Waals surface area contributed by atoms with Crippen LogP contribution in [-0.4, -0.2) is 17.4 Å².